The lowest BCUT2D eigenvalue weighted by molar-refractivity contribution is 0.0958. The summed E-state index contributed by atoms with van der Waals surface area (Å²) in [6.07, 6.45) is 2.54. The number of nitrogens with zero attached hydrogens (tertiary/aromatic N) is 6. The van der Waals surface area contributed by atoms with Crippen molar-refractivity contribution in [1.29, 1.82) is 0 Å². The van der Waals surface area contributed by atoms with Gasteiger partial charge in [0.15, 0.2) is 17.2 Å². The Bertz CT molecular complexity index is 1740. The number of hydrogen-bond acceptors (Lipinski definition) is 6. The molecule has 0 atom stereocenters. The number of hydrogen-bond donors (Lipinski definition) is 2. The molecule has 182 valence electrons. The molecule has 5 aromatic rings. The largest absolute Gasteiger partial charge is 0.354 e. The molecule has 0 saturated heterocycles. The van der Waals surface area contributed by atoms with Gasteiger partial charge in [0.05, 0.1) is 29.3 Å². The summed E-state index contributed by atoms with van der Waals surface area (Å²) in [4.78, 5) is 32.7. The van der Waals surface area contributed by atoms with E-state index in [2.05, 4.69) is 25.3 Å². The number of benzene rings is 1. The standard InChI is InChI=1S/C24H20F2N8O2/c1-12-15-10-32(11-18(15)31-33(12)14-4-5-17(28-7-14)23(35)27-2)9-13-3-6-19-21(20(13)26)30-24(36)22-16(25)8-29-34(19)22/h3-8H,9-11H2,1-2H3,(H,27,35)(H,30,36). The summed E-state index contributed by atoms with van der Waals surface area (Å²) in [7, 11) is 1.55. The fourth-order valence-corrected chi connectivity index (χ4v) is 4.71. The zero-order chi connectivity index (χ0) is 25.1. The Morgan fingerprint density at radius 3 is 2.72 bits per heavy atom. The van der Waals surface area contributed by atoms with Crippen molar-refractivity contribution < 1.29 is 13.6 Å². The van der Waals surface area contributed by atoms with Crippen LogP contribution in [0.25, 0.3) is 22.2 Å². The predicted octanol–water partition coefficient (Wildman–Crippen LogP) is 2.22. The van der Waals surface area contributed by atoms with Crippen LogP contribution in [0.15, 0.2) is 41.5 Å². The van der Waals surface area contributed by atoms with Crippen LogP contribution in [0, 0.1) is 18.6 Å². The van der Waals surface area contributed by atoms with Crippen molar-refractivity contribution in [1.82, 2.24) is 39.6 Å². The van der Waals surface area contributed by atoms with Crippen LogP contribution in [-0.2, 0) is 19.6 Å². The molecule has 0 radical (unpaired) electrons. The van der Waals surface area contributed by atoms with Crippen molar-refractivity contribution in [3.05, 3.63) is 86.9 Å². The van der Waals surface area contributed by atoms with E-state index >= 15 is 4.39 Å². The van der Waals surface area contributed by atoms with E-state index < -0.39 is 17.2 Å². The van der Waals surface area contributed by atoms with Gasteiger partial charge in [0.25, 0.3) is 11.5 Å². The van der Waals surface area contributed by atoms with Crippen LogP contribution in [0.1, 0.15) is 33.0 Å². The van der Waals surface area contributed by atoms with Crippen molar-refractivity contribution in [2.45, 2.75) is 26.6 Å². The summed E-state index contributed by atoms with van der Waals surface area (Å²) in [6.45, 7) is 3.35. The molecule has 5 heterocycles. The Balaban J connectivity index is 1.26. The number of amides is 1. The number of aromatic amines is 1. The number of nitrogens with one attached hydrogen (secondary N) is 2. The second-order valence-corrected chi connectivity index (χ2v) is 8.69. The molecular weight excluding hydrogens is 470 g/mol. The molecule has 12 heteroatoms. The summed E-state index contributed by atoms with van der Waals surface area (Å²) in [5, 5.41) is 11.1. The molecule has 6 rings (SSSR count). The van der Waals surface area contributed by atoms with Gasteiger partial charge >= 0.3 is 0 Å². The lowest BCUT2D eigenvalue weighted by Gasteiger charge is -2.17. The van der Waals surface area contributed by atoms with Crippen molar-refractivity contribution in [2.75, 3.05) is 7.05 Å². The first-order valence-electron chi connectivity index (χ1n) is 11.2. The molecule has 36 heavy (non-hydrogen) atoms. The zero-order valence-electron chi connectivity index (χ0n) is 19.3. The molecule has 0 fully saturated rings. The van der Waals surface area contributed by atoms with E-state index in [0.717, 1.165) is 33.4 Å². The average molecular weight is 490 g/mol. The third-order valence-corrected chi connectivity index (χ3v) is 6.53. The quantitative estimate of drug-likeness (QED) is 0.400. The minimum atomic E-state index is -0.761. The Labute approximate surface area is 202 Å². The number of aromatic nitrogens is 6. The summed E-state index contributed by atoms with van der Waals surface area (Å²) < 4.78 is 32.2. The number of halogens is 2. The molecule has 2 N–H and O–H groups in total. The van der Waals surface area contributed by atoms with Gasteiger partial charge in [0, 0.05) is 43.5 Å². The number of fused-ring (bicyclic) bond motifs is 4. The Hall–Kier alpha value is -4.45. The third kappa shape index (κ3) is 3.29. The van der Waals surface area contributed by atoms with E-state index in [1.54, 1.807) is 42.2 Å². The van der Waals surface area contributed by atoms with Crippen LogP contribution < -0.4 is 10.9 Å². The predicted molar refractivity (Wildman–Crippen MR) is 126 cm³/mol. The van der Waals surface area contributed by atoms with Crippen LogP contribution >= 0.6 is 0 Å². The van der Waals surface area contributed by atoms with E-state index in [4.69, 9.17) is 5.10 Å². The van der Waals surface area contributed by atoms with Gasteiger partial charge in [-0.15, -0.1) is 0 Å². The molecule has 0 saturated carbocycles. The molecule has 10 nitrogen and oxygen atoms in total. The average Bonchev–Trinajstić information content (AvgIpc) is 3.55. The van der Waals surface area contributed by atoms with Crippen molar-refractivity contribution in [3.8, 4) is 5.69 Å². The smallest absolute Gasteiger partial charge is 0.277 e. The highest BCUT2D eigenvalue weighted by Crippen LogP contribution is 2.29. The molecule has 1 aliphatic heterocycles. The van der Waals surface area contributed by atoms with Gasteiger partial charge in [0.1, 0.15) is 11.2 Å². The van der Waals surface area contributed by atoms with Crippen molar-refractivity contribution >= 4 is 22.5 Å². The summed E-state index contributed by atoms with van der Waals surface area (Å²) in [5.74, 6) is -1.60. The van der Waals surface area contributed by atoms with Crippen molar-refractivity contribution in [3.63, 3.8) is 0 Å². The molecule has 0 bridgehead atoms. The highest BCUT2D eigenvalue weighted by atomic mass is 19.1. The highest BCUT2D eigenvalue weighted by molar-refractivity contribution is 5.92. The van der Waals surface area contributed by atoms with E-state index in [9.17, 15) is 14.0 Å². The van der Waals surface area contributed by atoms with Gasteiger partial charge in [-0.05, 0) is 25.1 Å². The Morgan fingerprint density at radius 1 is 1.17 bits per heavy atom. The van der Waals surface area contributed by atoms with Crippen molar-refractivity contribution in [2.24, 2.45) is 0 Å². The zero-order valence-corrected chi connectivity index (χ0v) is 19.3. The minimum Gasteiger partial charge on any atom is -0.354 e. The first-order valence-corrected chi connectivity index (χ1v) is 11.2. The maximum atomic E-state index is 15.4. The van der Waals surface area contributed by atoms with Crippen LogP contribution in [0.2, 0.25) is 0 Å². The van der Waals surface area contributed by atoms with Gasteiger partial charge in [0.2, 0.25) is 0 Å². The summed E-state index contributed by atoms with van der Waals surface area (Å²) in [6, 6.07) is 6.68. The molecule has 0 aliphatic carbocycles. The molecule has 0 unspecified atom stereocenters. The van der Waals surface area contributed by atoms with Gasteiger partial charge < -0.3 is 10.3 Å². The fraction of sp³-hybridized carbons (Fsp3) is 0.208. The third-order valence-electron chi connectivity index (χ3n) is 6.53. The first-order chi connectivity index (χ1) is 17.4. The second kappa shape index (κ2) is 8.05. The number of pyridine rings is 1. The van der Waals surface area contributed by atoms with E-state index in [-0.39, 0.29) is 22.5 Å². The number of carbonyl (C=O) groups is 1. The Kier molecular flexibility index (Phi) is 4.93. The van der Waals surface area contributed by atoms with Gasteiger partial charge in [-0.1, -0.05) is 6.07 Å². The maximum absolute atomic E-state index is 15.4. The van der Waals surface area contributed by atoms with Gasteiger partial charge in [-0.25, -0.2) is 23.0 Å². The van der Waals surface area contributed by atoms with Crippen LogP contribution in [0.4, 0.5) is 8.78 Å². The topological polar surface area (TPSA) is 113 Å². The Morgan fingerprint density at radius 2 is 2.00 bits per heavy atom. The number of rotatable bonds is 4. The normalized spacial score (nSPS) is 13.6. The van der Waals surface area contributed by atoms with Gasteiger partial charge in [-0.2, -0.15) is 10.2 Å². The number of carbonyl (C=O) groups excluding carboxylic acids is 1. The molecule has 1 aliphatic rings. The highest BCUT2D eigenvalue weighted by Gasteiger charge is 2.27. The molecule has 4 aromatic heterocycles. The lowest BCUT2D eigenvalue weighted by Crippen LogP contribution is -2.20. The van der Waals surface area contributed by atoms with Gasteiger partial charge in [-0.3, -0.25) is 14.5 Å². The summed E-state index contributed by atoms with van der Waals surface area (Å²) in [5.41, 5.74) is 3.61. The molecule has 0 spiro atoms. The van der Waals surface area contributed by atoms with Crippen LogP contribution in [-0.4, -0.2) is 47.2 Å². The van der Waals surface area contributed by atoms with E-state index in [0.29, 0.717) is 30.9 Å². The first kappa shape index (κ1) is 22.0. The minimum absolute atomic E-state index is 0.0147. The molecule has 1 aromatic carbocycles. The lowest BCUT2D eigenvalue weighted by atomic mass is 10.1. The van der Waals surface area contributed by atoms with E-state index in [1.807, 2.05) is 6.92 Å². The summed E-state index contributed by atoms with van der Waals surface area (Å²) >= 11 is 0. The SMILES string of the molecule is CNC(=O)c1ccc(-n2nc3c(c2C)CN(Cc2ccc4c([nH]c(=O)c5c(F)cnn54)c2F)C3)cn1. The number of H-pyrrole nitrogens is 1. The molecule has 1 amide bonds. The fourth-order valence-electron chi connectivity index (χ4n) is 4.71. The second-order valence-electron chi connectivity index (χ2n) is 8.69. The van der Waals surface area contributed by atoms with E-state index in [1.165, 1.54) is 0 Å². The maximum Gasteiger partial charge on any atom is 0.277 e. The monoisotopic (exact) mass is 490 g/mol. The van der Waals surface area contributed by atoms with Crippen LogP contribution in [0.5, 0.6) is 0 Å². The van der Waals surface area contributed by atoms with Crippen LogP contribution in [0.3, 0.4) is 0 Å². The molecular formula is C24H20F2N8O2.